The zero-order valence-corrected chi connectivity index (χ0v) is 23.6. The summed E-state index contributed by atoms with van der Waals surface area (Å²) in [6, 6.07) is 33.0. The Morgan fingerprint density at radius 1 is 0.714 bits per heavy atom. The number of benzene rings is 4. The molecule has 0 spiro atoms. The number of carbonyl (C=O) groups is 2. The molecule has 0 aliphatic heterocycles. The van der Waals surface area contributed by atoms with Crippen LogP contribution < -0.4 is 5.32 Å². The van der Waals surface area contributed by atoms with Gasteiger partial charge in [-0.2, -0.15) is 0 Å². The van der Waals surface area contributed by atoms with Gasteiger partial charge >= 0.3 is 6.09 Å². The zero-order valence-electron chi connectivity index (χ0n) is 23.6. The van der Waals surface area contributed by atoms with Crippen molar-refractivity contribution in [3.05, 3.63) is 131 Å². The van der Waals surface area contributed by atoms with E-state index in [-0.39, 0.29) is 18.3 Å². The number of aliphatic hydroxyl groups excluding tert-OH is 1. The van der Waals surface area contributed by atoms with Gasteiger partial charge < -0.3 is 20.3 Å². The highest BCUT2D eigenvalue weighted by Crippen LogP contribution is 2.44. The van der Waals surface area contributed by atoms with Crippen molar-refractivity contribution in [2.24, 2.45) is 0 Å². The summed E-state index contributed by atoms with van der Waals surface area (Å²) in [5.74, 6) is 0.0425. The lowest BCUT2D eigenvalue weighted by Gasteiger charge is -2.21. The third kappa shape index (κ3) is 7.32. The number of ketones is 1. The van der Waals surface area contributed by atoms with Crippen LogP contribution in [0.15, 0.2) is 103 Å². The van der Waals surface area contributed by atoms with Gasteiger partial charge in [-0.1, -0.05) is 103 Å². The van der Waals surface area contributed by atoms with E-state index in [1.165, 1.54) is 5.56 Å². The minimum Gasteiger partial charge on any atom is -0.449 e. The predicted molar refractivity (Wildman–Crippen MR) is 163 cm³/mol. The van der Waals surface area contributed by atoms with Crippen LogP contribution in [0.2, 0.25) is 0 Å². The second-order valence-electron chi connectivity index (χ2n) is 10.8. The van der Waals surface area contributed by atoms with E-state index in [0.29, 0.717) is 24.8 Å². The molecule has 6 heteroatoms. The number of unbranched alkanes of at least 4 members (excludes halogenated alkanes) is 1. The van der Waals surface area contributed by atoms with E-state index in [1.54, 1.807) is 0 Å². The molecule has 0 aromatic heterocycles. The van der Waals surface area contributed by atoms with E-state index in [2.05, 4.69) is 29.6 Å². The van der Waals surface area contributed by atoms with Crippen LogP contribution in [0.4, 0.5) is 4.79 Å². The summed E-state index contributed by atoms with van der Waals surface area (Å²) in [5.41, 5.74) is 7.40. The highest BCUT2D eigenvalue weighted by atomic mass is 16.5. The van der Waals surface area contributed by atoms with Crippen molar-refractivity contribution < 1.29 is 24.5 Å². The van der Waals surface area contributed by atoms with Crippen LogP contribution in [-0.2, 0) is 17.6 Å². The Labute approximate surface area is 247 Å². The Balaban J connectivity index is 1.08. The number of carbonyl (C=O) groups excluding carboxylic acids is 2. The molecular weight excluding hydrogens is 526 g/mol. The van der Waals surface area contributed by atoms with E-state index in [4.69, 9.17) is 4.74 Å². The van der Waals surface area contributed by atoms with E-state index in [9.17, 15) is 19.8 Å². The van der Waals surface area contributed by atoms with Crippen molar-refractivity contribution in [1.29, 1.82) is 0 Å². The molecule has 1 amide bonds. The van der Waals surface area contributed by atoms with E-state index >= 15 is 0 Å². The Bertz CT molecular complexity index is 1440. The Hall–Kier alpha value is -4.26. The average Bonchev–Trinajstić information content (AvgIpc) is 3.34. The molecule has 1 atom stereocenters. The summed E-state index contributed by atoms with van der Waals surface area (Å²) in [5, 5.41) is 22.4. The highest BCUT2D eigenvalue weighted by Gasteiger charge is 2.29. The number of ether oxygens (including phenoxy) is 1. The number of amides is 1. The second kappa shape index (κ2) is 14.1. The number of alkyl carbamates (subject to hydrolysis) is 1. The van der Waals surface area contributed by atoms with Gasteiger partial charge in [-0.3, -0.25) is 4.79 Å². The maximum Gasteiger partial charge on any atom is 0.407 e. The number of Topliss-reactive ketones (excluding diaryl/α,β-unsaturated/α-hetero) is 1. The van der Waals surface area contributed by atoms with Crippen LogP contribution in [-0.4, -0.2) is 41.0 Å². The summed E-state index contributed by atoms with van der Waals surface area (Å²) in [7, 11) is 0. The molecule has 1 unspecified atom stereocenters. The maximum atomic E-state index is 12.7. The predicted octanol–water partition coefficient (Wildman–Crippen LogP) is 6.43. The SMILES string of the molecule is O=C(NC(CCc1ccc(C(=O)CCCCc2ccccc2)cc1)C(O)O)OCC1c2ccccc2-c2ccccc21. The number of nitrogens with one attached hydrogen (secondary N) is 1. The average molecular weight is 564 g/mol. The van der Waals surface area contributed by atoms with Crippen LogP contribution >= 0.6 is 0 Å². The molecule has 4 aromatic rings. The van der Waals surface area contributed by atoms with Crippen LogP contribution in [0.3, 0.4) is 0 Å². The molecule has 0 saturated carbocycles. The summed E-state index contributed by atoms with van der Waals surface area (Å²) < 4.78 is 5.57. The monoisotopic (exact) mass is 563 g/mol. The third-order valence-corrected chi connectivity index (χ3v) is 7.99. The van der Waals surface area contributed by atoms with Crippen molar-refractivity contribution in [3.8, 4) is 11.1 Å². The van der Waals surface area contributed by atoms with E-state index in [0.717, 1.165) is 47.1 Å². The smallest absolute Gasteiger partial charge is 0.407 e. The van der Waals surface area contributed by atoms with E-state index < -0.39 is 18.4 Å². The molecule has 216 valence electrons. The van der Waals surface area contributed by atoms with Crippen LogP contribution in [0.25, 0.3) is 11.1 Å². The van der Waals surface area contributed by atoms with Gasteiger partial charge in [-0.05, 0) is 65.5 Å². The summed E-state index contributed by atoms with van der Waals surface area (Å²) in [4.78, 5) is 25.3. The van der Waals surface area contributed by atoms with Gasteiger partial charge in [-0.15, -0.1) is 0 Å². The molecule has 5 rings (SSSR count). The van der Waals surface area contributed by atoms with Crippen molar-refractivity contribution in [3.63, 3.8) is 0 Å². The number of rotatable bonds is 13. The van der Waals surface area contributed by atoms with Crippen LogP contribution in [0, 0.1) is 0 Å². The Kier molecular flexibility index (Phi) is 9.80. The fourth-order valence-corrected chi connectivity index (χ4v) is 5.67. The van der Waals surface area contributed by atoms with Crippen LogP contribution in [0.5, 0.6) is 0 Å². The van der Waals surface area contributed by atoms with Gasteiger partial charge in [0, 0.05) is 17.9 Å². The molecule has 0 radical (unpaired) electrons. The Morgan fingerprint density at radius 3 is 1.95 bits per heavy atom. The first kappa shape index (κ1) is 29.2. The molecule has 0 fully saturated rings. The standard InChI is InChI=1S/C36H37NO5/c38-34(17-9-4-12-25-10-2-1-3-11-25)27-21-18-26(19-22-27)20-23-33(35(39)40)37-36(41)42-24-32-30-15-7-5-13-28(30)29-14-6-8-16-31(29)32/h1-3,5-8,10-11,13-16,18-19,21-22,32-33,35,39-40H,4,9,12,17,20,23-24H2,(H,37,41). The lowest BCUT2D eigenvalue weighted by Crippen LogP contribution is -2.44. The second-order valence-corrected chi connectivity index (χ2v) is 10.8. The Morgan fingerprint density at radius 2 is 1.31 bits per heavy atom. The molecule has 1 aliphatic carbocycles. The normalized spacial score (nSPS) is 12.9. The maximum absolute atomic E-state index is 12.7. The lowest BCUT2D eigenvalue weighted by molar-refractivity contribution is -0.0677. The topological polar surface area (TPSA) is 95.9 Å². The van der Waals surface area contributed by atoms with Crippen molar-refractivity contribution >= 4 is 11.9 Å². The fourth-order valence-electron chi connectivity index (χ4n) is 5.67. The summed E-state index contributed by atoms with van der Waals surface area (Å²) >= 11 is 0. The van der Waals surface area contributed by atoms with E-state index in [1.807, 2.05) is 78.9 Å². The molecule has 0 saturated heterocycles. The summed E-state index contributed by atoms with van der Waals surface area (Å²) in [6.45, 7) is 0.149. The van der Waals surface area contributed by atoms with Gasteiger partial charge in [-0.25, -0.2) is 4.79 Å². The molecule has 1 aliphatic rings. The number of aryl methyl sites for hydroxylation is 2. The van der Waals surface area contributed by atoms with Gasteiger partial charge in [0.05, 0.1) is 6.04 Å². The molecule has 42 heavy (non-hydrogen) atoms. The quantitative estimate of drug-likeness (QED) is 0.0990. The number of hydrogen-bond donors (Lipinski definition) is 3. The lowest BCUT2D eigenvalue weighted by atomic mass is 9.98. The summed E-state index contributed by atoms with van der Waals surface area (Å²) in [6.07, 6.45) is 1.66. The fraction of sp³-hybridized carbons (Fsp3) is 0.278. The zero-order chi connectivity index (χ0) is 29.3. The van der Waals surface area contributed by atoms with Gasteiger partial charge in [0.2, 0.25) is 0 Å². The molecule has 4 aromatic carbocycles. The minimum atomic E-state index is -1.73. The molecule has 3 N–H and O–H groups in total. The third-order valence-electron chi connectivity index (χ3n) is 7.99. The molecule has 6 nitrogen and oxygen atoms in total. The molecule has 0 bridgehead atoms. The molecule has 0 heterocycles. The van der Waals surface area contributed by atoms with Crippen molar-refractivity contribution in [2.75, 3.05) is 6.61 Å². The van der Waals surface area contributed by atoms with Gasteiger partial charge in [0.1, 0.15) is 6.61 Å². The van der Waals surface area contributed by atoms with Crippen molar-refractivity contribution in [2.45, 2.75) is 56.8 Å². The first-order valence-corrected chi connectivity index (χ1v) is 14.6. The largest absolute Gasteiger partial charge is 0.449 e. The first-order chi connectivity index (χ1) is 20.5. The van der Waals surface area contributed by atoms with Crippen molar-refractivity contribution in [1.82, 2.24) is 5.32 Å². The van der Waals surface area contributed by atoms with Gasteiger partial charge in [0.25, 0.3) is 0 Å². The van der Waals surface area contributed by atoms with Crippen LogP contribution in [0.1, 0.15) is 64.2 Å². The first-order valence-electron chi connectivity index (χ1n) is 14.6. The molecular formula is C36H37NO5. The number of fused-ring (bicyclic) bond motifs is 3. The highest BCUT2D eigenvalue weighted by molar-refractivity contribution is 5.96. The van der Waals surface area contributed by atoms with Gasteiger partial charge in [0.15, 0.2) is 12.1 Å². The minimum absolute atomic E-state index is 0.0780. The number of aliphatic hydroxyl groups is 2. The number of hydrogen-bond acceptors (Lipinski definition) is 5.